The largest absolute Gasteiger partial charge is 0.460 e. The Bertz CT molecular complexity index is 2220. The van der Waals surface area contributed by atoms with Gasteiger partial charge >= 0.3 is 13.7 Å². The number of carbonyl (C=O) groups excluding carboxylic acids is 2. The second kappa shape index (κ2) is 16.7. The minimum Gasteiger partial charge on any atom is -0.460 e. The summed E-state index contributed by atoms with van der Waals surface area (Å²) in [7, 11) is -4.28. The molecule has 2 aromatic heterocycles. The van der Waals surface area contributed by atoms with Crippen LogP contribution >= 0.6 is 7.75 Å². The lowest BCUT2D eigenvalue weighted by atomic mass is 10.0. The van der Waals surface area contributed by atoms with Crippen LogP contribution in [-0.2, 0) is 36.4 Å². The smallest absolute Gasteiger partial charge is 0.459 e. The number of aliphatic hydroxyl groups excluding tert-OH is 1. The van der Waals surface area contributed by atoms with Crippen molar-refractivity contribution in [2.24, 2.45) is 11.7 Å². The maximum Gasteiger partial charge on any atom is 0.459 e. The molecule has 6 atom stereocenters. The number of H-pyrrole nitrogens is 1. The molecule has 0 radical (unpaired) electrons. The number of rotatable bonds is 15. The van der Waals surface area contributed by atoms with Gasteiger partial charge in [-0.3, -0.25) is 29.2 Å². The van der Waals surface area contributed by atoms with E-state index in [1.165, 1.54) is 37.5 Å². The quantitative estimate of drug-likeness (QED) is 0.0578. The third kappa shape index (κ3) is 9.16. The average molecular weight is 760 g/mol. The number of amides is 1. The SMILES string of the molecule is C=C1[C@@H](COP(=O)(NC(C)C(=O)OCc2ccccc2)Oc2ccccc2)[C@H](O)C[C@H]1n1cnc2c(=O)[nH]c(NC(=O)C(N)Cc3ccc(F)cc3)nc21. The van der Waals surface area contributed by atoms with Crippen molar-refractivity contribution in [3.05, 3.63) is 131 Å². The van der Waals surface area contributed by atoms with Crippen molar-refractivity contribution in [3.63, 3.8) is 0 Å². The molecule has 6 N–H and O–H groups in total. The zero-order valence-corrected chi connectivity index (χ0v) is 30.0. The summed E-state index contributed by atoms with van der Waals surface area (Å²) in [4.78, 5) is 49.8. The molecule has 17 heteroatoms. The molecule has 0 saturated heterocycles. The van der Waals surface area contributed by atoms with Gasteiger partial charge in [0.15, 0.2) is 11.2 Å². The number of carbonyl (C=O) groups is 2. The topological polar surface area (TPSA) is 213 Å². The van der Waals surface area contributed by atoms with E-state index in [1.807, 2.05) is 18.2 Å². The maximum atomic E-state index is 14.2. The number of halogens is 1. The highest BCUT2D eigenvalue weighted by atomic mass is 31.2. The lowest BCUT2D eigenvalue weighted by Gasteiger charge is -2.25. The molecule has 15 nitrogen and oxygen atoms in total. The van der Waals surface area contributed by atoms with Crippen LogP contribution in [0.2, 0.25) is 0 Å². The highest BCUT2D eigenvalue weighted by Crippen LogP contribution is 2.48. The molecule has 0 spiro atoms. The zero-order valence-electron chi connectivity index (χ0n) is 29.1. The number of benzene rings is 3. The van der Waals surface area contributed by atoms with Crippen LogP contribution < -0.4 is 26.2 Å². The molecular formula is C37H39FN7O8P. The molecule has 1 fully saturated rings. The third-order valence-electron chi connectivity index (χ3n) is 8.87. The summed E-state index contributed by atoms with van der Waals surface area (Å²) in [5, 5.41) is 16.3. The van der Waals surface area contributed by atoms with Gasteiger partial charge in [-0.25, -0.2) is 13.9 Å². The second-order valence-corrected chi connectivity index (χ2v) is 14.5. The van der Waals surface area contributed by atoms with Gasteiger partial charge < -0.3 is 24.7 Å². The van der Waals surface area contributed by atoms with Crippen molar-refractivity contribution < 1.29 is 37.4 Å². The molecule has 54 heavy (non-hydrogen) atoms. The lowest BCUT2D eigenvalue weighted by molar-refractivity contribution is -0.146. The summed E-state index contributed by atoms with van der Waals surface area (Å²) in [5.41, 5.74) is 7.38. The van der Waals surface area contributed by atoms with Crippen LogP contribution in [0.1, 0.15) is 30.5 Å². The van der Waals surface area contributed by atoms with Crippen LogP contribution in [0.4, 0.5) is 10.3 Å². The Labute approximate surface area is 309 Å². The van der Waals surface area contributed by atoms with Gasteiger partial charge in [-0.15, -0.1) is 0 Å². The molecule has 6 rings (SSSR count). The summed E-state index contributed by atoms with van der Waals surface area (Å²) in [5.74, 6) is -2.49. The van der Waals surface area contributed by atoms with Crippen molar-refractivity contribution in [1.82, 2.24) is 24.6 Å². The first-order valence-corrected chi connectivity index (χ1v) is 18.6. The van der Waals surface area contributed by atoms with Crippen LogP contribution in [0.15, 0.2) is 108 Å². The number of para-hydroxylation sites is 1. The van der Waals surface area contributed by atoms with Crippen molar-refractivity contribution in [3.8, 4) is 5.75 Å². The predicted octanol–water partition coefficient (Wildman–Crippen LogP) is 4.17. The van der Waals surface area contributed by atoms with E-state index < -0.39 is 61.1 Å². The van der Waals surface area contributed by atoms with E-state index in [-0.39, 0.29) is 48.9 Å². The van der Waals surface area contributed by atoms with Crippen molar-refractivity contribution in [2.45, 2.75) is 50.6 Å². The number of aliphatic hydroxyl groups is 1. The first-order valence-electron chi connectivity index (χ1n) is 17.0. The van der Waals surface area contributed by atoms with Crippen molar-refractivity contribution in [2.75, 3.05) is 11.9 Å². The van der Waals surface area contributed by atoms with Gasteiger partial charge in [0.2, 0.25) is 11.9 Å². The zero-order chi connectivity index (χ0) is 38.4. The Morgan fingerprint density at radius 1 is 1.09 bits per heavy atom. The molecule has 0 aliphatic heterocycles. The number of hydrogen-bond donors (Lipinski definition) is 5. The number of hydrogen-bond acceptors (Lipinski definition) is 11. The van der Waals surface area contributed by atoms with Crippen LogP contribution in [0.3, 0.4) is 0 Å². The molecule has 1 amide bonds. The monoisotopic (exact) mass is 759 g/mol. The van der Waals surface area contributed by atoms with E-state index in [0.717, 1.165) is 5.56 Å². The van der Waals surface area contributed by atoms with Gasteiger partial charge in [0, 0.05) is 5.92 Å². The fourth-order valence-corrected chi connectivity index (χ4v) is 7.49. The third-order valence-corrected chi connectivity index (χ3v) is 10.5. The van der Waals surface area contributed by atoms with E-state index in [9.17, 15) is 28.4 Å². The molecule has 1 saturated carbocycles. The first-order chi connectivity index (χ1) is 25.9. The minimum atomic E-state index is -4.28. The van der Waals surface area contributed by atoms with Crippen molar-refractivity contribution in [1.29, 1.82) is 0 Å². The predicted molar refractivity (Wildman–Crippen MR) is 197 cm³/mol. The summed E-state index contributed by atoms with van der Waals surface area (Å²) in [6.07, 6.45) is 0.550. The number of aromatic amines is 1. The number of ether oxygens (including phenoxy) is 1. The number of imidazole rings is 1. The van der Waals surface area contributed by atoms with E-state index in [4.69, 9.17) is 19.5 Å². The minimum absolute atomic E-state index is 0.00838. The number of fused-ring (bicyclic) bond motifs is 1. The Morgan fingerprint density at radius 2 is 1.78 bits per heavy atom. The Morgan fingerprint density at radius 3 is 2.48 bits per heavy atom. The maximum absolute atomic E-state index is 14.2. The number of nitrogens with two attached hydrogens (primary N) is 1. The fourth-order valence-electron chi connectivity index (χ4n) is 5.97. The van der Waals surface area contributed by atoms with Crippen molar-refractivity contribution >= 4 is 36.7 Å². The number of nitrogens with zero attached hydrogens (tertiary/aromatic N) is 3. The lowest BCUT2D eigenvalue weighted by Crippen LogP contribution is -2.38. The van der Waals surface area contributed by atoms with Gasteiger partial charge in [-0.2, -0.15) is 10.1 Å². The molecule has 5 aromatic rings. The number of nitrogens with one attached hydrogen (secondary N) is 3. The summed E-state index contributed by atoms with van der Waals surface area (Å²) >= 11 is 0. The fraction of sp³-hybridized carbons (Fsp3) is 0.270. The number of esters is 1. The first kappa shape index (κ1) is 38.2. The highest BCUT2D eigenvalue weighted by molar-refractivity contribution is 7.52. The van der Waals surface area contributed by atoms with Gasteiger partial charge in [-0.05, 0) is 60.7 Å². The highest BCUT2D eigenvalue weighted by Gasteiger charge is 2.41. The van der Waals surface area contributed by atoms with E-state index in [2.05, 4.69) is 31.9 Å². The molecular weight excluding hydrogens is 720 g/mol. The standard InChI is InChI=1S/C37H39FN7O8P/c1-22-28(20-52-54(50,53-27-11-7-4-8-12-27)44-23(2)36(49)51-19-25-9-5-3-6-10-25)31(46)18-30(22)45-21-40-32-33(45)41-37(43-35(32)48)42-34(47)29(39)17-24-13-15-26(38)16-14-24/h3-16,21,23,28-31,46H,1,17-20,39H2,2H3,(H,44,50)(H2,41,42,43,47,48)/t23?,28-,29?,30-,31-,54?/m1/s1. The molecule has 3 aromatic carbocycles. The summed E-state index contributed by atoms with van der Waals surface area (Å²) < 4.78 is 46.0. The van der Waals surface area contributed by atoms with Gasteiger partial charge in [0.05, 0.1) is 31.1 Å². The summed E-state index contributed by atoms with van der Waals surface area (Å²) in [6.45, 7) is 5.33. The Balaban J connectivity index is 1.15. The molecule has 0 bridgehead atoms. The summed E-state index contributed by atoms with van der Waals surface area (Å²) in [6, 6.07) is 20.1. The second-order valence-electron chi connectivity index (χ2n) is 12.8. The van der Waals surface area contributed by atoms with Crippen LogP contribution in [0, 0.1) is 11.7 Å². The number of anilines is 1. The molecule has 2 heterocycles. The van der Waals surface area contributed by atoms with Crippen LogP contribution in [-0.4, -0.2) is 61.3 Å². The number of aromatic nitrogens is 4. The van der Waals surface area contributed by atoms with E-state index >= 15 is 0 Å². The van der Waals surface area contributed by atoms with Gasteiger partial charge in [0.1, 0.15) is 24.2 Å². The molecule has 1 aliphatic rings. The van der Waals surface area contributed by atoms with E-state index in [0.29, 0.717) is 11.1 Å². The molecule has 282 valence electrons. The van der Waals surface area contributed by atoms with Crippen LogP contribution in [0.25, 0.3) is 11.2 Å². The Hall–Kier alpha value is -5.51. The van der Waals surface area contributed by atoms with E-state index in [1.54, 1.807) is 47.0 Å². The average Bonchev–Trinajstić information content (AvgIpc) is 3.70. The van der Waals surface area contributed by atoms with Gasteiger partial charge in [0.25, 0.3) is 5.56 Å². The Kier molecular flexibility index (Phi) is 11.8. The molecule has 3 unspecified atom stereocenters. The van der Waals surface area contributed by atoms with Gasteiger partial charge in [-0.1, -0.05) is 67.2 Å². The normalized spacial score (nSPS) is 19.2. The molecule has 1 aliphatic carbocycles. The van der Waals surface area contributed by atoms with Crippen LogP contribution in [0.5, 0.6) is 5.75 Å².